The first-order chi connectivity index (χ1) is 12.6. The number of carbonyl (C=O) groups excluding carboxylic acids is 2. The van der Waals surface area contributed by atoms with Gasteiger partial charge in [-0.15, -0.1) is 0 Å². The lowest BCUT2D eigenvalue weighted by molar-refractivity contribution is -0.120. The summed E-state index contributed by atoms with van der Waals surface area (Å²) in [5.74, 6) is -0.00826. The molecule has 26 heavy (non-hydrogen) atoms. The Labute approximate surface area is 153 Å². The Kier molecular flexibility index (Phi) is 5.96. The molecule has 0 spiro atoms. The summed E-state index contributed by atoms with van der Waals surface area (Å²) in [6.45, 7) is 3.48. The second-order valence-electron chi connectivity index (χ2n) is 6.53. The Morgan fingerprint density at radius 3 is 2.50 bits per heavy atom. The number of imide groups is 1. The van der Waals surface area contributed by atoms with Gasteiger partial charge in [0.2, 0.25) is 5.91 Å². The first-order valence-electron chi connectivity index (χ1n) is 8.90. The second kappa shape index (κ2) is 8.58. The molecular weight excluding hydrogens is 328 g/mol. The van der Waals surface area contributed by atoms with Gasteiger partial charge >= 0.3 is 0 Å². The summed E-state index contributed by atoms with van der Waals surface area (Å²) in [7, 11) is 2.08. The van der Waals surface area contributed by atoms with Crippen LogP contribution in [0.25, 0.3) is 0 Å². The van der Waals surface area contributed by atoms with Crippen LogP contribution in [0.3, 0.4) is 0 Å². The highest BCUT2D eigenvalue weighted by atomic mass is 16.2. The van der Waals surface area contributed by atoms with Gasteiger partial charge in [0.15, 0.2) is 0 Å². The van der Waals surface area contributed by atoms with E-state index in [-0.39, 0.29) is 18.2 Å². The molecule has 0 radical (unpaired) electrons. The van der Waals surface area contributed by atoms with Crippen LogP contribution >= 0.6 is 0 Å². The number of benzene rings is 1. The van der Waals surface area contributed by atoms with Gasteiger partial charge < -0.3 is 9.80 Å². The van der Waals surface area contributed by atoms with Crippen molar-refractivity contribution in [1.29, 1.82) is 0 Å². The molecule has 1 aliphatic heterocycles. The molecular formula is C20H24N4O2. The van der Waals surface area contributed by atoms with E-state index in [0.717, 1.165) is 31.7 Å². The Balaban J connectivity index is 1.61. The maximum Gasteiger partial charge on any atom is 0.261 e. The summed E-state index contributed by atoms with van der Waals surface area (Å²) in [5, 5.41) is 2.50. The predicted molar refractivity (Wildman–Crippen MR) is 101 cm³/mol. The van der Waals surface area contributed by atoms with Crippen molar-refractivity contribution >= 4 is 17.6 Å². The average Bonchev–Trinajstić information content (AvgIpc) is 2.68. The van der Waals surface area contributed by atoms with Gasteiger partial charge in [-0.2, -0.15) is 0 Å². The highest BCUT2D eigenvalue weighted by molar-refractivity contribution is 6.07. The first kappa shape index (κ1) is 18.1. The Morgan fingerprint density at radius 1 is 1.04 bits per heavy atom. The predicted octanol–water partition coefficient (Wildman–Crippen LogP) is 1.72. The number of hydrogen-bond acceptors (Lipinski definition) is 5. The number of rotatable bonds is 5. The molecule has 1 fully saturated rings. The zero-order valence-corrected chi connectivity index (χ0v) is 15.0. The molecule has 0 bridgehead atoms. The molecule has 2 heterocycles. The van der Waals surface area contributed by atoms with Crippen LogP contribution in [0, 0.1) is 0 Å². The minimum Gasteiger partial charge on any atom is -0.353 e. The first-order valence-corrected chi connectivity index (χ1v) is 8.90. The third-order valence-electron chi connectivity index (χ3n) is 4.57. The summed E-state index contributed by atoms with van der Waals surface area (Å²) >= 11 is 0. The Hall–Kier alpha value is -2.73. The monoisotopic (exact) mass is 352 g/mol. The highest BCUT2D eigenvalue weighted by Gasteiger charge is 2.22. The van der Waals surface area contributed by atoms with Crippen molar-refractivity contribution in [3.8, 4) is 0 Å². The van der Waals surface area contributed by atoms with E-state index in [2.05, 4.69) is 27.1 Å². The van der Waals surface area contributed by atoms with Crippen molar-refractivity contribution in [2.45, 2.75) is 12.8 Å². The van der Waals surface area contributed by atoms with Crippen LogP contribution < -0.4 is 10.2 Å². The topological polar surface area (TPSA) is 65.5 Å². The number of hydrogen-bond donors (Lipinski definition) is 1. The van der Waals surface area contributed by atoms with E-state index < -0.39 is 0 Å². The van der Waals surface area contributed by atoms with Gasteiger partial charge in [-0.3, -0.25) is 14.9 Å². The van der Waals surface area contributed by atoms with Gasteiger partial charge in [0.1, 0.15) is 5.82 Å². The normalized spacial score (nSPS) is 14.9. The van der Waals surface area contributed by atoms with E-state index in [1.807, 2.05) is 30.3 Å². The molecule has 3 rings (SSSR count). The van der Waals surface area contributed by atoms with Crippen molar-refractivity contribution in [1.82, 2.24) is 15.2 Å². The largest absolute Gasteiger partial charge is 0.353 e. The van der Waals surface area contributed by atoms with E-state index in [1.165, 1.54) is 0 Å². The van der Waals surface area contributed by atoms with E-state index >= 15 is 0 Å². The molecule has 1 aromatic carbocycles. The van der Waals surface area contributed by atoms with Crippen molar-refractivity contribution in [3.05, 3.63) is 59.8 Å². The number of aromatic nitrogens is 1. The lowest BCUT2D eigenvalue weighted by Gasteiger charge is -2.33. The molecule has 1 N–H and O–H groups in total. The molecule has 0 saturated carbocycles. The summed E-state index contributed by atoms with van der Waals surface area (Å²) in [4.78, 5) is 33.5. The quantitative estimate of drug-likeness (QED) is 0.888. The number of pyridine rings is 1. The zero-order chi connectivity index (χ0) is 18.4. The molecule has 0 aliphatic carbocycles. The smallest absolute Gasteiger partial charge is 0.261 e. The fraction of sp³-hybridized carbons (Fsp3) is 0.350. The van der Waals surface area contributed by atoms with Crippen molar-refractivity contribution < 1.29 is 9.59 Å². The van der Waals surface area contributed by atoms with Crippen molar-refractivity contribution in [2.24, 2.45) is 0 Å². The minimum absolute atomic E-state index is 0.271. The number of amides is 2. The molecule has 2 aromatic rings. The summed E-state index contributed by atoms with van der Waals surface area (Å²) in [6, 6.07) is 13.2. The van der Waals surface area contributed by atoms with Crippen LogP contribution in [0.1, 0.15) is 22.3 Å². The van der Waals surface area contributed by atoms with Crippen LogP contribution in [-0.4, -0.2) is 54.9 Å². The zero-order valence-electron chi connectivity index (χ0n) is 15.0. The fourth-order valence-electron chi connectivity index (χ4n) is 3.00. The Bertz CT molecular complexity index is 755. The van der Waals surface area contributed by atoms with Gasteiger partial charge in [0.25, 0.3) is 5.91 Å². The van der Waals surface area contributed by atoms with Gasteiger partial charge in [-0.05, 0) is 31.2 Å². The van der Waals surface area contributed by atoms with E-state index in [9.17, 15) is 9.59 Å². The standard InChI is InChI=1S/C20H24N4O2/c1-23-12-14-24(15-13-23)19-17(8-5-11-21-19)20(26)22-18(25)10-9-16-6-3-2-4-7-16/h2-8,11H,9-10,12-15H2,1H3,(H,22,25,26). The lowest BCUT2D eigenvalue weighted by atomic mass is 10.1. The maximum atomic E-state index is 12.6. The van der Waals surface area contributed by atoms with Gasteiger partial charge in [0.05, 0.1) is 5.56 Å². The molecule has 1 aromatic heterocycles. The second-order valence-corrected chi connectivity index (χ2v) is 6.53. The number of carbonyl (C=O) groups is 2. The molecule has 136 valence electrons. The summed E-state index contributed by atoms with van der Waals surface area (Å²) in [6.07, 6.45) is 2.57. The number of nitrogens with zero attached hydrogens (tertiary/aromatic N) is 3. The molecule has 1 aliphatic rings. The molecule has 6 nitrogen and oxygen atoms in total. The fourth-order valence-corrected chi connectivity index (χ4v) is 3.00. The molecule has 2 amide bonds. The van der Waals surface area contributed by atoms with Crippen LogP contribution in [0.2, 0.25) is 0 Å². The SMILES string of the molecule is CN1CCN(c2ncccc2C(=O)NC(=O)CCc2ccccc2)CC1. The van der Waals surface area contributed by atoms with Crippen molar-refractivity contribution in [3.63, 3.8) is 0 Å². The molecule has 0 atom stereocenters. The molecule has 6 heteroatoms. The van der Waals surface area contributed by atoms with Crippen LogP contribution in [0.4, 0.5) is 5.82 Å². The Morgan fingerprint density at radius 2 is 1.77 bits per heavy atom. The number of piperazine rings is 1. The maximum absolute atomic E-state index is 12.6. The van der Waals surface area contributed by atoms with Crippen LogP contribution in [0.5, 0.6) is 0 Å². The number of anilines is 1. The van der Waals surface area contributed by atoms with E-state index in [1.54, 1.807) is 18.3 Å². The number of aryl methyl sites for hydroxylation is 1. The number of nitrogens with one attached hydrogen (secondary N) is 1. The van der Waals surface area contributed by atoms with Gasteiger partial charge in [0, 0.05) is 38.8 Å². The van der Waals surface area contributed by atoms with Crippen LogP contribution in [-0.2, 0) is 11.2 Å². The third-order valence-corrected chi connectivity index (χ3v) is 4.57. The van der Waals surface area contributed by atoms with E-state index in [0.29, 0.717) is 17.8 Å². The minimum atomic E-state index is -0.384. The van der Waals surface area contributed by atoms with Gasteiger partial charge in [-0.1, -0.05) is 30.3 Å². The van der Waals surface area contributed by atoms with Gasteiger partial charge in [-0.25, -0.2) is 4.98 Å². The third kappa shape index (κ3) is 4.67. The van der Waals surface area contributed by atoms with Crippen LogP contribution in [0.15, 0.2) is 48.7 Å². The average molecular weight is 352 g/mol. The van der Waals surface area contributed by atoms with Crippen molar-refractivity contribution in [2.75, 3.05) is 38.1 Å². The summed E-state index contributed by atoms with van der Waals surface area (Å²) < 4.78 is 0. The summed E-state index contributed by atoms with van der Waals surface area (Å²) in [5.41, 5.74) is 1.53. The van der Waals surface area contributed by atoms with E-state index in [4.69, 9.17) is 0 Å². The highest BCUT2D eigenvalue weighted by Crippen LogP contribution is 2.18. The number of likely N-dealkylation sites (N-methyl/N-ethyl adjacent to an activating group) is 1. The molecule has 0 unspecified atom stereocenters. The lowest BCUT2D eigenvalue weighted by Crippen LogP contribution is -2.45. The molecule has 1 saturated heterocycles.